The molecule has 8 nitrogen and oxygen atoms in total. The van der Waals surface area contributed by atoms with Crippen molar-refractivity contribution >= 4 is 23.4 Å². The number of halogens is 5. The van der Waals surface area contributed by atoms with Crippen molar-refractivity contribution in [3.05, 3.63) is 0 Å². The lowest BCUT2D eigenvalue weighted by Gasteiger charge is -2.56. The van der Waals surface area contributed by atoms with E-state index in [2.05, 4.69) is 16.0 Å². The molecular weight excluding hydrogens is 522 g/mol. The highest BCUT2D eigenvalue weighted by atomic mass is 35.5. The van der Waals surface area contributed by atoms with E-state index in [-0.39, 0.29) is 51.0 Å². The van der Waals surface area contributed by atoms with Crippen LogP contribution >= 0.6 is 11.6 Å². The van der Waals surface area contributed by atoms with E-state index >= 15 is 0 Å². The molecule has 37 heavy (non-hydrogen) atoms. The minimum atomic E-state index is -4.37. The van der Waals surface area contributed by atoms with Gasteiger partial charge in [-0.2, -0.15) is 13.2 Å². The smallest absolute Gasteiger partial charge is 0.391 e. The normalized spacial score (nSPS) is 40.3. The van der Waals surface area contributed by atoms with Crippen molar-refractivity contribution in [1.82, 2.24) is 16.0 Å². The van der Waals surface area contributed by atoms with Gasteiger partial charge >= 0.3 is 6.18 Å². The first-order valence-corrected chi connectivity index (χ1v) is 13.4. The van der Waals surface area contributed by atoms with Crippen molar-refractivity contribution < 1.29 is 41.7 Å². The third kappa shape index (κ3) is 7.06. The van der Waals surface area contributed by atoms with Crippen LogP contribution in [0, 0.1) is 0 Å². The molecule has 212 valence electrons. The molecular formula is C24H36ClF4N3O5. The molecule has 2 bridgehead atoms. The fourth-order valence-electron chi connectivity index (χ4n) is 6.17. The number of fused-ring (bicyclic) bond motifs is 3. The van der Waals surface area contributed by atoms with E-state index in [4.69, 9.17) is 21.1 Å². The molecule has 4 aliphatic carbocycles. The number of hydrogen-bond donors (Lipinski definition) is 4. The second-order valence-corrected chi connectivity index (χ2v) is 11.6. The predicted molar refractivity (Wildman–Crippen MR) is 126 cm³/mol. The standard InChI is InChI=1S/C24H36ClF4N3O5/c25-16-2-1-14(9-17(16)26)36-12-20(34)31-22-4-6-23(7-5-22,19(33)11-22)32-21(35)13-37-15-3-8-30-18(10-15)24(27,28)29/h14-19,30,33H,1-13H2,(H,31,34)(H,32,35). The number of nitrogens with one attached hydrogen (secondary N) is 3. The largest absolute Gasteiger partial charge is 0.403 e. The van der Waals surface area contributed by atoms with Crippen LogP contribution in [0.2, 0.25) is 0 Å². The number of ether oxygens (including phenoxy) is 2. The Morgan fingerprint density at radius 1 is 0.973 bits per heavy atom. The summed E-state index contributed by atoms with van der Waals surface area (Å²) in [6.45, 7) is -0.426. The average Bonchev–Trinajstić information content (AvgIpc) is 2.84. The number of amides is 2. The number of piperidine rings is 1. The van der Waals surface area contributed by atoms with Gasteiger partial charge in [0.25, 0.3) is 0 Å². The molecule has 6 unspecified atom stereocenters. The number of aliphatic hydroxyl groups is 1. The summed E-state index contributed by atoms with van der Waals surface area (Å²) < 4.78 is 63.7. The lowest BCUT2D eigenvalue weighted by Crippen LogP contribution is -2.70. The van der Waals surface area contributed by atoms with Gasteiger partial charge in [-0.15, -0.1) is 11.6 Å². The molecule has 1 saturated heterocycles. The van der Waals surface area contributed by atoms with Gasteiger partial charge in [-0.1, -0.05) is 0 Å². The molecule has 1 heterocycles. The van der Waals surface area contributed by atoms with Gasteiger partial charge in [0.15, 0.2) is 0 Å². The summed E-state index contributed by atoms with van der Waals surface area (Å²) in [4.78, 5) is 25.2. The molecule has 4 N–H and O–H groups in total. The number of rotatable bonds is 8. The summed E-state index contributed by atoms with van der Waals surface area (Å²) in [6, 6.07) is -1.65. The Hall–Kier alpha value is -1.21. The zero-order valence-electron chi connectivity index (χ0n) is 20.6. The molecule has 6 atom stereocenters. The highest BCUT2D eigenvalue weighted by Gasteiger charge is 2.55. The molecule has 5 fully saturated rings. The summed E-state index contributed by atoms with van der Waals surface area (Å²) in [6.07, 6.45) is -3.86. The number of alkyl halides is 5. The van der Waals surface area contributed by atoms with Gasteiger partial charge < -0.3 is 30.5 Å². The summed E-state index contributed by atoms with van der Waals surface area (Å²) in [5.74, 6) is -0.813. The van der Waals surface area contributed by atoms with E-state index in [1.54, 1.807) is 0 Å². The first-order valence-electron chi connectivity index (χ1n) is 13.0. The Morgan fingerprint density at radius 2 is 1.59 bits per heavy atom. The molecule has 5 aliphatic rings. The molecule has 5 rings (SSSR count). The van der Waals surface area contributed by atoms with Gasteiger partial charge in [-0.05, 0) is 64.3 Å². The number of aliphatic hydroxyl groups excluding tert-OH is 1. The van der Waals surface area contributed by atoms with E-state index in [1.165, 1.54) is 0 Å². The van der Waals surface area contributed by atoms with Crippen LogP contribution in [0.5, 0.6) is 0 Å². The molecule has 2 amide bonds. The average molecular weight is 558 g/mol. The fraction of sp³-hybridized carbons (Fsp3) is 0.917. The van der Waals surface area contributed by atoms with E-state index in [1.807, 2.05) is 0 Å². The molecule has 0 aromatic heterocycles. The van der Waals surface area contributed by atoms with Crippen LogP contribution < -0.4 is 16.0 Å². The molecule has 0 spiro atoms. The molecule has 1 aliphatic heterocycles. The number of carbonyl (C=O) groups excluding carboxylic acids is 2. The maximum atomic E-state index is 13.8. The molecule has 4 saturated carbocycles. The summed E-state index contributed by atoms with van der Waals surface area (Å²) in [5, 5.41) is 18.6. The van der Waals surface area contributed by atoms with Gasteiger partial charge in [0.1, 0.15) is 25.4 Å². The fourth-order valence-corrected chi connectivity index (χ4v) is 6.40. The zero-order chi connectivity index (χ0) is 26.8. The summed E-state index contributed by atoms with van der Waals surface area (Å²) >= 11 is 5.89. The lowest BCUT2D eigenvalue weighted by molar-refractivity contribution is -0.171. The van der Waals surface area contributed by atoms with Gasteiger partial charge in [0.05, 0.1) is 29.2 Å². The first-order chi connectivity index (χ1) is 17.4. The van der Waals surface area contributed by atoms with Crippen LogP contribution in [0.3, 0.4) is 0 Å². The van der Waals surface area contributed by atoms with Crippen molar-refractivity contribution in [3.63, 3.8) is 0 Å². The molecule has 0 aromatic carbocycles. The SMILES string of the molecule is O=C(COC1CCC(Cl)C(F)C1)NC12CCC(NC(=O)COC3CCNC(C(F)(F)F)C3)(CC1)C(O)C2. The van der Waals surface area contributed by atoms with Gasteiger partial charge in [-0.3, -0.25) is 9.59 Å². The van der Waals surface area contributed by atoms with E-state index in [0.717, 1.165) is 0 Å². The van der Waals surface area contributed by atoms with Crippen molar-refractivity contribution in [2.45, 2.75) is 117 Å². The minimum Gasteiger partial charge on any atom is -0.391 e. The van der Waals surface area contributed by atoms with Gasteiger partial charge in [0.2, 0.25) is 11.8 Å². The third-order valence-electron chi connectivity index (χ3n) is 8.41. The van der Waals surface area contributed by atoms with Crippen molar-refractivity contribution in [3.8, 4) is 0 Å². The third-order valence-corrected chi connectivity index (χ3v) is 8.90. The second kappa shape index (κ2) is 11.5. The Labute approximate surface area is 218 Å². The van der Waals surface area contributed by atoms with E-state index in [0.29, 0.717) is 44.9 Å². The van der Waals surface area contributed by atoms with Crippen LogP contribution in [0.4, 0.5) is 17.6 Å². The van der Waals surface area contributed by atoms with Crippen molar-refractivity contribution in [2.24, 2.45) is 0 Å². The molecule has 0 aromatic rings. The lowest BCUT2D eigenvalue weighted by atomic mass is 9.60. The first kappa shape index (κ1) is 28.8. The maximum Gasteiger partial charge on any atom is 0.403 e. The molecule has 13 heteroatoms. The van der Waals surface area contributed by atoms with Crippen LogP contribution in [0.25, 0.3) is 0 Å². The van der Waals surface area contributed by atoms with E-state index < -0.39 is 53.0 Å². The number of hydrogen-bond acceptors (Lipinski definition) is 6. The second-order valence-electron chi connectivity index (χ2n) is 11.0. The van der Waals surface area contributed by atoms with Gasteiger partial charge in [-0.25, -0.2) is 4.39 Å². The quantitative estimate of drug-likeness (QED) is 0.269. The Kier molecular flexibility index (Phi) is 8.94. The minimum absolute atomic E-state index is 0.156. The number of carbonyl (C=O) groups is 2. The van der Waals surface area contributed by atoms with Crippen LogP contribution in [-0.4, -0.2) is 89.8 Å². The zero-order valence-corrected chi connectivity index (χ0v) is 21.4. The molecule has 0 radical (unpaired) electrons. The summed E-state index contributed by atoms with van der Waals surface area (Å²) in [7, 11) is 0. The Morgan fingerprint density at radius 3 is 2.19 bits per heavy atom. The van der Waals surface area contributed by atoms with Gasteiger partial charge in [0, 0.05) is 12.0 Å². The highest BCUT2D eigenvalue weighted by molar-refractivity contribution is 6.21. The van der Waals surface area contributed by atoms with Crippen LogP contribution in [0.15, 0.2) is 0 Å². The van der Waals surface area contributed by atoms with E-state index in [9.17, 15) is 32.3 Å². The Bertz CT molecular complexity index is 827. The predicted octanol–water partition coefficient (Wildman–Crippen LogP) is 2.25. The summed E-state index contributed by atoms with van der Waals surface area (Å²) in [5.41, 5.74) is -1.47. The maximum absolute atomic E-state index is 13.8. The van der Waals surface area contributed by atoms with Crippen molar-refractivity contribution in [2.75, 3.05) is 19.8 Å². The van der Waals surface area contributed by atoms with Crippen LogP contribution in [0.1, 0.15) is 64.2 Å². The topological polar surface area (TPSA) is 109 Å². The monoisotopic (exact) mass is 557 g/mol. The van der Waals surface area contributed by atoms with Crippen LogP contribution in [-0.2, 0) is 19.1 Å². The Balaban J connectivity index is 1.21. The highest BCUT2D eigenvalue weighted by Crippen LogP contribution is 2.47. The van der Waals surface area contributed by atoms with Crippen molar-refractivity contribution in [1.29, 1.82) is 0 Å².